The molecule has 0 amide bonds. The number of hydrogen-bond donors (Lipinski definition) is 1. The Labute approximate surface area is 39.1 Å². The molecule has 6 heavy (non-hydrogen) atoms. The van der Waals surface area contributed by atoms with Crippen LogP contribution in [0.2, 0.25) is 0 Å². The maximum Gasteiger partial charge on any atom is 0.333 e. The van der Waals surface area contributed by atoms with Crippen LogP contribution in [0, 0.1) is 0 Å². The van der Waals surface area contributed by atoms with Crippen molar-refractivity contribution in [2.45, 2.75) is 5.38 Å². The summed E-state index contributed by atoms with van der Waals surface area (Å²) in [6.45, 7) is -0.797. The van der Waals surface area contributed by atoms with Crippen molar-refractivity contribution in [2.24, 2.45) is 5.73 Å². The summed E-state index contributed by atoms with van der Waals surface area (Å²) >= 11 is 4.26. The van der Waals surface area contributed by atoms with Crippen molar-refractivity contribution in [1.82, 2.24) is 0 Å². The van der Waals surface area contributed by atoms with Crippen LogP contribution >= 0.6 is 11.6 Å². The van der Waals surface area contributed by atoms with Gasteiger partial charge in [0.05, 0.1) is 6.54 Å². The van der Waals surface area contributed by atoms with Crippen LogP contribution in [-0.2, 0) is 0 Å². The minimum atomic E-state index is -3.21. The van der Waals surface area contributed by atoms with Gasteiger partial charge >= 0.3 is 5.38 Å². The maximum absolute atomic E-state index is 11.1. The lowest BCUT2D eigenvalue weighted by Crippen LogP contribution is -2.19. The summed E-state index contributed by atoms with van der Waals surface area (Å²) < 4.78 is 22.2. The smallest absolute Gasteiger partial charge is 0.324 e. The number of nitrogens with two attached hydrogens (primary N) is 1. The van der Waals surface area contributed by atoms with Crippen LogP contribution < -0.4 is 5.73 Å². The van der Waals surface area contributed by atoms with E-state index >= 15 is 0 Å². The molecule has 0 saturated heterocycles. The first kappa shape index (κ1) is 6.11. The second-order valence-electron chi connectivity index (χ2n) is 0.819. The third-order valence-corrected chi connectivity index (χ3v) is 0.386. The van der Waals surface area contributed by atoms with Crippen molar-refractivity contribution < 1.29 is 8.78 Å². The van der Waals surface area contributed by atoms with E-state index in [0.29, 0.717) is 0 Å². The molecule has 0 aromatic carbocycles. The monoisotopic (exact) mass is 115 g/mol. The molecule has 0 radical (unpaired) electrons. The molecule has 0 aromatic rings. The zero-order valence-corrected chi connectivity index (χ0v) is 3.67. The van der Waals surface area contributed by atoms with Crippen molar-refractivity contribution >= 4 is 11.6 Å². The fraction of sp³-hybridized carbons (Fsp3) is 1.00. The molecule has 0 unspecified atom stereocenters. The van der Waals surface area contributed by atoms with Crippen molar-refractivity contribution in [3.8, 4) is 0 Å². The quantitative estimate of drug-likeness (QED) is 0.502. The zero-order valence-electron chi connectivity index (χ0n) is 2.92. The number of alkyl halides is 3. The molecule has 0 fully saturated rings. The van der Waals surface area contributed by atoms with Crippen molar-refractivity contribution in [2.75, 3.05) is 6.54 Å². The molecule has 38 valence electrons. The lowest BCUT2D eigenvalue weighted by atomic mass is 10.7. The van der Waals surface area contributed by atoms with Gasteiger partial charge in [-0.2, -0.15) is 8.78 Å². The highest BCUT2D eigenvalue weighted by atomic mass is 35.5. The highest BCUT2D eigenvalue weighted by Crippen LogP contribution is 2.14. The van der Waals surface area contributed by atoms with Crippen LogP contribution in [0.4, 0.5) is 8.78 Å². The Morgan fingerprint density at radius 2 is 1.83 bits per heavy atom. The van der Waals surface area contributed by atoms with Crippen LogP contribution in [0.15, 0.2) is 0 Å². The first-order valence-electron chi connectivity index (χ1n) is 1.33. The van der Waals surface area contributed by atoms with E-state index in [1.54, 1.807) is 0 Å². The van der Waals surface area contributed by atoms with Gasteiger partial charge in [0.2, 0.25) is 0 Å². The van der Waals surface area contributed by atoms with E-state index in [4.69, 9.17) is 0 Å². The minimum Gasteiger partial charge on any atom is -0.324 e. The fourth-order valence-electron chi connectivity index (χ4n) is 0. The van der Waals surface area contributed by atoms with Crippen molar-refractivity contribution in [1.29, 1.82) is 0 Å². The largest absolute Gasteiger partial charge is 0.333 e. The summed E-state index contributed by atoms with van der Waals surface area (Å²) in [5.41, 5.74) is 4.42. The summed E-state index contributed by atoms with van der Waals surface area (Å²) in [5, 5.41) is -3.21. The molecular formula is C2H4ClF2N. The molecule has 0 atom stereocenters. The standard InChI is InChI=1S/C2H4ClF2N/c3-2(4,5)1-6/h1,6H2. The molecule has 0 aliphatic rings. The van der Waals surface area contributed by atoms with Crippen LogP contribution in [-0.4, -0.2) is 11.9 Å². The summed E-state index contributed by atoms with van der Waals surface area (Å²) in [4.78, 5) is 0. The number of rotatable bonds is 1. The Kier molecular flexibility index (Phi) is 1.74. The van der Waals surface area contributed by atoms with E-state index in [9.17, 15) is 8.78 Å². The predicted octanol–water partition coefficient (Wildman–Crippen LogP) is 0.777. The summed E-state index contributed by atoms with van der Waals surface area (Å²) in [7, 11) is 0. The third-order valence-electron chi connectivity index (χ3n) is 0.231. The number of hydrogen-bond acceptors (Lipinski definition) is 1. The predicted molar refractivity (Wildman–Crippen MR) is 19.9 cm³/mol. The van der Waals surface area contributed by atoms with Gasteiger partial charge in [-0.15, -0.1) is 0 Å². The maximum atomic E-state index is 11.1. The van der Waals surface area contributed by atoms with Gasteiger partial charge in [-0.25, -0.2) is 0 Å². The normalized spacial score (nSPS) is 12.0. The Bertz CT molecular complexity index is 41.3. The summed E-state index contributed by atoms with van der Waals surface area (Å²) in [5.74, 6) is 0. The van der Waals surface area contributed by atoms with Crippen molar-refractivity contribution in [3.05, 3.63) is 0 Å². The molecule has 0 aromatic heterocycles. The highest BCUT2D eigenvalue weighted by molar-refractivity contribution is 6.21. The Balaban J connectivity index is 3.17. The van der Waals surface area contributed by atoms with Gasteiger partial charge in [-0.05, 0) is 11.6 Å². The minimum absolute atomic E-state index is 0.797. The molecule has 0 spiro atoms. The second kappa shape index (κ2) is 1.71. The van der Waals surface area contributed by atoms with E-state index in [2.05, 4.69) is 17.3 Å². The average molecular weight is 116 g/mol. The molecule has 0 saturated carbocycles. The number of halogens is 3. The zero-order chi connectivity index (χ0) is 5.21. The highest BCUT2D eigenvalue weighted by Gasteiger charge is 2.20. The van der Waals surface area contributed by atoms with Gasteiger partial charge in [0.1, 0.15) is 0 Å². The SMILES string of the molecule is NCC(F)(F)Cl. The molecular weight excluding hydrogens is 111 g/mol. The Morgan fingerprint density at radius 3 is 1.83 bits per heavy atom. The summed E-state index contributed by atoms with van der Waals surface area (Å²) in [6, 6.07) is 0. The van der Waals surface area contributed by atoms with E-state index in [1.165, 1.54) is 0 Å². The second-order valence-corrected chi connectivity index (χ2v) is 1.37. The summed E-state index contributed by atoms with van der Waals surface area (Å²) in [6.07, 6.45) is 0. The Morgan fingerprint density at radius 1 is 1.67 bits per heavy atom. The lowest BCUT2D eigenvalue weighted by molar-refractivity contribution is 0.106. The molecule has 1 nitrogen and oxygen atoms in total. The topological polar surface area (TPSA) is 26.0 Å². The molecule has 0 bridgehead atoms. The average Bonchev–Trinajstić information content (AvgIpc) is 1.35. The molecule has 0 heterocycles. The third kappa shape index (κ3) is 4.11. The van der Waals surface area contributed by atoms with Gasteiger partial charge in [0, 0.05) is 0 Å². The van der Waals surface area contributed by atoms with Gasteiger partial charge in [0.25, 0.3) is 0 Å². The lowest BCUT2D eigenvalue weighted by Gasteiger charge is -1.98. The van der Waals surface area contributed by atoms with Gasteiger partial charge < -0.3 is 5.73 Å². The molecule has 0 aliphatic heterocycles. The van der Waals surface area contributed by atoms with Gasteiger partial charge in [-0.3, -0.25) is 0 Å². The van der Waals surface area contributed by atoms with Crippen molar-refractivity contribution in [3.63, 3.8) is 0 Å². The fourth-order valence-corrected chi connectivity index (χ4v) is 0. The van der Waals surface area contributed by atoms with E-state index in [-0.39, 0.29) is 0 Å². The van der Waals surface area contributed by atoms with Gasteiger partial charge in [-0.1, -0.05) is 0 Å². The molecule has 0 aliphatic carbocycles. The van der Waals surface area contributed by atoms with E-state index < -0.39 is 11.9 Å². The van der Waals surface area contributed by atoms with E-state index in [1.807, 2.05) is 0 Å². The first-order valence-corrected chi connectivity index (χ1v) is 1.71. The van der Waals surface area contributed by atoms with E-state index in [0.717, 1.165) is 0 Å². The first-order chi connectivity index (χ1) is 2.56. The van der Waals surface area contributed by atoms with Gasteiger partial charge in [0.15, 0.2) is 0 Å². The molecule has 2 N–H and O–H groups in total. The molecule has 4 heteroatoms. The van der Waals surface area contributed by atoms with Crippen LogP contribution in [0.1, 0.15) is 0 Å². The van der Waals surface area contributed by atoms with Crippen LogP contribution in [0.25, 0.3) is 0 Å². The Hall–Kier alpha value is 0.110. The van der Waals surface area contributed by atoms with Crippen LogP contribution in [0.5, 0.6) is 0 Å². The molecule has 0 rings (SSSR count). The van der Waals surface area contributed by atoms with Crippen LogP contribution in [0.3, 0.4) is 0 Å².